The molecule has 8 aromatic carbocycles. The monoisotopic (exact) mass is 1180 g/mol. The van der Waals surface area contributed by atoms with Gasteiger partial charge in [0, 0.05) is 86.3 Å². The predicted molar refractivity (Wildman–Crippen MR) is 344 cm³/mol. The van der Waals surface area contributed by atoms with Crippen molar-refractivity contribution in [3.63, 3.8) is 0 Å². The highest BCUT2D eigenvalue weighted by Crippen LogP contribution is 2.46. The average Bonchev–Trinajstić information content (AvgIpc) is 3.57. The summed E-state index contributed by atoms with van der Waals surface area (Å²) < 4.78 is 22.6. The van der Waals surface area contributed by atoms with Gasteiger partial charge in [0.15, 0.2) is 0 Å². The van der Waals surface area contributed by atoms with Gasteiger partial charge in [0.1, 0.15) is 7.40 Å². The third-order valence-electron chi connectivity index (χ3n) is 11.9. The lowest BCUT2D eigenvalue weighted by Crippen LogP contribution is -2.39. The Morgan fingerprint density at radius 2 is 0.512 bits per heavy atom. The molecule has 0 aliphatic carbocycles. The zero-order valence-electron chi connectivity index (χ0n) is 43.9. The Labute approximate surface area is 504 Å². The molecule has 0 fully saturated rings. The maximum Gasteiger partial charge on any atom is 0.394 e. The van der Waals surface area contributed by atoms with Gasteiger partial charge in [0.2, 0.25) is 0 Å². The summed E-state index contributed by atoms with van der Waals surface area (Å²) in [5.74, 6) is 0. The van der Waals surface area contributed by atoms with Gasteiger partial charge in [-0.1, -0.05) is 218 Å². The second-order valence-electron chi connectivity index (χ2n) is 18.0. The maximum absolute atomic E-state index is 9.89. The van der Waals surface area contributed by atoms with Gasteiger partial charge in [0.05, 0.1) is 24.3 Å². The predicted octanol–water partition coefficient (Wildman–Crippen LogP) is 19.8. The van der Waals surface area contributed by atoms with Crippen molar-refractivity contribution in [3.05, 3.63) is 336 Å². The molecule has 4 heterocycles. The Bertz CT molecular complexity index is 3380. The molecule has 2 aliphatic rings. The van der Waals surface area contributed by atoms with Crippen LogP contribution in [0.2, 0.25) is 0 Å². The highest BCUT2D eigenvalue weighted by atomic mass is 32.2. The topological polar surface area (TPSA) is 68.7 Å². The molecule has 0 unspecified atom stereocenters. The summed E-state index contributed by atoms with van der Waals surface area (Å²) in [6.07, 6.45) is 13.6. The molecule has 10 aromatic rings. The van der Waals surface area contributed by atoms with Crippen molar-refractivity contribution in [2.45, 2.75) is 40.0 Å². The number of hydrogen-bond acceptors (Lipinski definition) is 8. The van der Waals surface area contributed by atoms with Crippen LogP contribution < -0.4 is 10.0 Å². The van der Waals surface area contributed by atoms with Gasteiger partial charge in [-0.15, -0.1) is 0 Å². The molecule has 2 aromatic heterocycles. The van der Waals surface area contributed by atoms with E-state index >= 15 is 0 Å². The van der Waals surface area contributed by atoms with Gasteiger partial charge in [0.25, 0.3) is 0 Å². The lowest BCUT2D eigenvalue weighted by molar-refractivity contribution is -0.366. The van der Waals surface area contributed by atoms with Gasteiger partial charge < -0.3 is 14.4 Å². The van der Waals surface area contributed by atoms with Crippen LogP contribution in [0, 0.1) is 0 Å². The van der Waals surface area contributed by atoms with Gasteiger partial charge >= 0.3 is 20.4 Å². The van der Waals surface area contributed by atoms with E-state index in [1.807, 2.05) is 47.8 Å². The molecule has 0 saturated heterocycles. The third kappa shape index (κ3) is 17.8. The minimum absolute atomic E-state index is 0.860. The molecule has 0 saturated carbocycles. The van der Waals surface area contributed by atoms with Crippen molar-refractivity contribution in [1.82, 2.24) is 0 Å². The first-order valence-corrected chi connectivity index (χ1v) is 30.9. The van der Waals surface area contributed by atoms with E-state index in [0.717, 1.165) is 62.2 Å². The van der Waals surface area contributed by atoms with Crippen LogP contribution in [0.4, 0.5) is 4.32 Å². The molecule has 0 atom stereocenters. The Morgan fingerprint density at radius 3 is 0.720 bits per heavy atom. The van der Waals surface area contributed by atoms with E-state index in [9.17, 15) is 4.32 Å². The molecule has 0 N–H and O–H groups in total. The van der Waals surface area contributed by atoms with E-state index in [-0.39, 0.29) is 0 Å². The molecule has 0 bridgehead atoms. The standard InChI is InChI=1S/2C35H25OS3.BFO2/c2*1-5-13-28(14-6-1)32-22-26(23-33(39-32)29-15-7-2-8-16-29)21-27-24-34(37-30-17-9-3-10-18-30)36-35(25-27)38-31-19-11-4-12-20-31;2-1(3)4/h2*1-25H;/q2*+1;-2. The molecule has 4 nitrogen and oxygen atoms in total. The zero-order valence-corrected chi connectivity index (χ0v) is 48.8. The van der Waals surface area contributed by atoms with Gasteiger partial charge in [-0.2, -0.15) is 8.83 Å². The molecule has 400 valence electrons. The van der Waals surface area contributed by atoms with E-state index in [1.165, 1.54) is 41.9 Å². The van der Waals surface area contributed by atoms with Crippen molar-refractivity contribution >= 4 is 110 Å². The molecule has 0 radical (unpaired) electrons. The van der Waals surface area contributed by atoms with E-state index in [4.69, 9.17) is 18.9 Å². The third-order valence-corrected chi connectivity index (χ3v) is 17.9. The van der Waals surface area contributed by atoms with E-state index < -0.39 is 7.40 Å². The highest BCUT2D eigenvalue weighted by molar-refractivity contribution is 8.17. The maximum atomic E-state index is 9.89. The lowest BCUT2D eigenvalue weighted by Gasteiger charge is -2.17. The Balaban J connectivity index is 0.000000172. The fourth-order valence-electron chi connectivity index (χ4n) is 8.30. The van der Waals surface area contributed by atoms with Crippen LogP contribution in [-0.4, -0.2) is 7.40 Å². The number of rotatable bonds is 14. The van der Waals surface area contributed by atoms with Crippen LogP contribution >= 0.6 is 70.6 Å². The molecule has 82 heavy (non-hydrogen) atoms. The summed E-state index contributed by atoms with van der Waals surface area (Å²) >= 11 is 10.2. The first-order valence-electron chi connectivity index (χ1n) is 26.0. The van der Waals surface area contributed by atoms with Crippen molar-refractivity contribution in [1.29, 1.82) is 0 Å². The molecule has 12 rings (SSSR count). The number of thioether (sulfide) groups is 2. The summed E-state index contributed by atoms with van der Waals surface area (Å²) in [4.78, 5) is 9.54. The molecular formula is C70H50BFO4S6. The molecular weight excluding hydrogens is 1130 g/mol. The molecule has 12 heteroatoms. The Morgan fingerprint density at radius 1 is 0.317 bits per heavy atom. The normalized spacial score (nSPS) is 12.7. The van der Waals surface area contributed by atoms with Gasteiger partial charge in [-0.3, -0.25) is 0 Å². The van der Waals surface area contributed by atoms with E-state index in [0.29, 0.717) is 0 Å². The summed E-state index contributed by atoms with van der Waals surface area (Å²) in [6.45, 7) is 0. The number of benzene rings is 8. The summed E-state index contributed by atoms with van der Waals surface area (Å²) in [6, 6.07) is 92.4. The SMILES string of the molecule is C(=C1C=C(c2ccccc2)SC(c2ccccc2)=C1)c1cc(Sc2ccccc2)[o+]c(Sc2ccccc2)c1.C(=C1C=C(c2ccccc2)SC(c2ccccc2)=C1)c1cc(Sc2ccccc2)[o+]c(Sc2ccccc2)c1.[O-]B([O-])F. The van der Waals surface area contributed by atoms with Crippen molar-refractivity contribution in [3.8, 4) is 0 Å². The van der Waals surface area contributed by atoms with Crippen LogP contribution in [0.5, 0.6) is 0 Å². The highest BCUT2D eigenvalue weighted by Gasteiger charge is 2.22. The minimum Gasteiger partial charge on any atom is -0.867 e. The second-order valence-corrected chi connectivity index (χ2v) is 24.5. The molecule has 2 aliphatic heterocycles. The van der Waals surface area contributed by atoms with Gasteiger partial charge in [-0.25, -0.2) is 0 Å². The van der Waals surface area contributed by atoms with Crippen LogP contribution in [0.1, 0.15) is 33.4 Å². The second kappa shape index (κ2) is 30.0. The first kappa shape index (κ1) is 57.7. The Hall–Kier alpha value is -7.49. The number of allylic oxidation sites excluding steroid dienone is 6. The first-order chi connectivity index (χ1) is 40.3. The lowest BCUT2D eigenvalue weighted by atomic mass is 10.1. The molecule has 0 spiro atoms. The quantitative estimate of drug-likeness (QED) is 0.0777. The summed E-state index contributed by atoms with van der Waals surface area (Å²) in [5, 5.41) is 20.1. The average molecular weight is 1180 g/mol. The van der Waals surface area contributed by atoms with Crippen LogP contribution in [0.25, 0.3) is 31.8 Å². The summed E-state index contributed by atoms with van der Waals surface area (Å²) in [7, 11) is -3.17. The van der Waals surface area contributed by atoms with Crippen LogP contribution in [-0.2, 0) is 0 Å². The number of hydrogen-bond donors (Lipinski definition) is 0. The van der Waals surface area contributed by atoms with Crippen LogP contribution in [0.15, 0.2) is 351 Å². The Kier molecular flexibility index (Phi) is 21.1. The fourth-order valence-corrected chi connectivity index (χ4v) is 14.1. The fraction of sp³-hybridized carbons (Fsp3) is 0. The van der Waals surface area contributed by atoms with Crippen molar-refractivity contribution < 1.29 is 23.2 Å². The van der Waals surface area contributed by atoms with Crippen LogP contribution in [0.3, 0.4) is 0 Å². The number of halogens is 1. The largest absolute Gasteiger partial charge is 0.867 e. The van der Waals surface area contributed by atoms with Crippen molar-refractivity contribution in [2.24, 2.45) is 0 Å². The van der Waals surface area contributed by atoms with E-state index in [2.05, 4.69) is 279 Å². The smallest absolute Gasteiger partial charge is 0.394 e. The zero-order chi connectivity index (χ0) is 56.1. The molecule has 0 amide bonds. The minimum atomic E-state index is -3.17. The van der Waals surface area contributed by atoms with E-state index in [1.54, 1.807) is 47.0 Å². The van der Waals surface area contributed by atoms with Gasteiger partial charge in [-0.05, 0) is 130 Å². The summed E-state index contributed by atoms with van der Waals surface area (Å²) in [5.41, 5.74) is 9.40. The van der Waals surface area contributed by atoms with Crippen molar-refractivity contribution in [2.75, 3.05) is 0 Å².